The molecule has 0 spiro atoms. The zero-order valence-corrected chi connectivity index (χ0v) is 18.0. The number of aryl methyl sites for hydroxylation is 1. The first-order valence-electron chi connectivity index (χ1n) is 10.1. The SMILES string of the molecule is Brc1cccc(-c2nc3ccccc3n2CCCOc2cccc3ccccc23)c1. The average Bonchev–Trinajstić information content (AvgIpc) is 3.15. The predicted molar refractivity (Wildman–Crippen MR) is 127 cm³/mol. The smallest absolute Gasteiger partial charge is 0.141 e. The number of nitrogens with zero attached hydrogens (tertiary/aromatic N) is 2. The van der Waals surface area contributed by atoms with Gasteiger partial charge in [-0.1, -0.05) is 76.6 Å². The summed E-state index contributed by atoms with van der Waals surface area (Å²) in [4.78, 5) is 4.90. The summed E-state index contributed by atoms with van der Waals surface area (Å²) >= 11 is 3.58. The van der Waals surface area contributed by atoms with Crippen LogP contribution < -0.4 is 4.74 Å². The molecule has 148 valence electrons. The summed E-state index contributed by atoms with van der Waals surface area (Å²) < 4.78 is 9.50. The van der Waals surface area contributed by atoms with Gasteiger partial charge in [-0.15, -0.1) is 0 Å². The maximum Gasteiger partial charge on any atom is 0.141 e. The van der Waals surface area contributed by atoms with E-state index in [9.17, 15) is 0 Å². The number of rotatable bonds is 6. The lowest BCUT2D eigenvalue weighted by molar-refractivity contribution is 0.306. The molecule has 0 atom stereocenters. The summed E-state index contributed by atoms with van der Waals surface area (Å²) in [6, 6.07) is 31.2. The molecule has 0 amide bonds. The van der Waals surface area contributed by atoms with Crippen LogP contribution in [0.25, 0.3) is 33.2 Å². The van der Waals surface area contributed by atoms with E-state index < -0.39 is 0 Å². The van der Waals surface area contributed by atoms with Crippen LogP contribution in [-0.2, 0) is 6.54 Å². The van der Waals surface area contributed by atoms with Gasteiger partial charge in [-0.2, -0.15) is 0 Å². The highest BCUT2D eigenvalue weighted by Gasteiger charge is 2.12. The van der Waals surface area contributed by atoms with Crippen molar-refractivity contribution in [2.75, 3.05) is 6.61 Å². The molecule has 5 aromatic rings. The fraction of sp³-hybridized carbons (Fsp3) is 0.115. The number of benzene rings is 4. The van der Waals surface area contributed by atoms with Crippen molar-refractivity contribution in [3.63, 3.8) is 0 Å². The third-order valence-corrected chi connectivity index (χ3v) is 5.76. The number of aromatic nitrogens is 2. The summed E-state index contributed by atoms with van der Waals surface area (Å²) in [5.74, 6) is 1.93. The Morgan fingerprint density at radius 2 is 1.63 bits per heavy atom. The molecule has 1 heterocycles. The van der Waals surface area contributed by atoms with Crippen molar-refractivity contribution < 1.29 is 4.74 Å². The van der Waals surface area contributed by atoms with E-state index >= 15 is 0 Å². The lowest BCUT2D eigenvalue weighted by atomic mass is 10.1. The molecule has 0 N–H and O–H groups in total. The van der Waals surface area contributed by atoms with Crippen LogP contribution in [0, 0.1) is 0 Å². The molecule has 0 saturated carbocycles. The molecule has 30 heavy (non-hydrogen) atoms. The van der Waals surface area contributed by atoms with Crippen LogP contribution in [0.3, 0.4) is 0 Å². The number of fused-ring (bicyclic) bond motifs is 2. The lowest BCUT2D eigenvalue weighted by Crippen LogP contribution is -2.06. The van der Waals surface area contributed by atoms with Gasteiger partial charge in [0.05, 0.1) is 17.6 Å². The monoisotopic (exact) mass is 456 g/mol. The van der Waals surface area contributed by atoms with E-state index in [0.717, 1.165) is 51.0 Å². The molecule has 4 heteroatoms. The lowest BCUT2D eigenvalue weighted by Gasteiger charge is -2.12. The van der Waals surface area contributed by atoms with Gasteiger partial charge in [0.15, 0.2) is 0 Å². The normalized spacial score (nSPS) is 11.2. The predicted octanol–water partition coefficient (Wildman–Crippen LogP) is 7.09. The van der Waals surface area contributed by atoms with Crippen LogP contribution in [0.15, 0.2) is 95.5 Å². The summed E-state index contributed by atoms with van der Waals surface area (Å²) in [5, 5.41) is 2.36. The van der Waals surface area contributed by atoms with Crippen LogP contribution in [0.1, 0.15) is 6.42 Å². The van der Waals surface area contributed by atoms with Crippen LogP contribution in [0.2, 0.25) is 0 Å². The van der Waals surface area contributed by atoms with Crippen molar-refractivity contribution in [2.24, 2.45) is 0 Å². The maximum absolute atomic E-state index is 6.15. The second-order valence-corrected chi connectivity index (χ2v) is 8.18. The summed E-state index contributed by atoms with van der Waals surface area (Å²) in [5.41, 5.74) is 3.27. The van der Waals surface area contributed by atoms with Gasteiger partial charge in [0.2, 0.25) is 0 Å². The van der Waals surface area contributed by atoms with E-state index in [0.29, 0.717) is 6.61 Å². The zero-order chi connectivity index (χ0) is 20.3. The summed E-state index contributed by atoms with van der Waals surface area (Å²) in [7, 11) is 0. The first kappa shape index (κ1) is 18.9. The minimum atomic E-state index is 0.651. The van der Waals surface area contributed by atoms with Crippen LogP contribution in [0.5, 0.6) is 5.75 Å². The van der Waals surface area contributed by atoms with Gasteiger partial charge in [-0.3, -0.25) is 0 Å². The first-order chi connectivity index (χ1) is 14.8. The Hall–Kier alpha value is -3.11. The van der Waals surface area contributed by atoms with E-state index in [1.807, 2.05) is 30.3 Å². The molecule has 0 radical (unpaired) electrons. The van der Waals surface area contributed by atoms with Gasteiger partial charge in [0, 0.05) is 22.0 Å². The highest BCUT2D eigenvalue weighted by atomic mass is 79.9. The summed E-state index contributed by atoms with van der Waals surface area (Å²) in [6.45, 7) is 1.49. The van der Waals surface area contributed by atoms with E-state index in [1.54, 1.807) is 0 Å². The number of imidazole rings is 1. The minimum Gasteiger partial charge on any atom is -0.493 e. The van der Waals surface area contributed by atoms with Gasteiger partial charge in [-0.05, 0) is 42.1 Å². The number of ether oxygens (including phenoxy) is 1. The second kappa shape index (κ2) is 8.33. The van der Waals surface area contributed by atoms with E-state index in [2.05, 4.69) is 81.2 Å². The van der Waals surface area contributed by atoms with Crippen LogP contribution in [-0.4, -0.2) is 16.2 Å². The molecule has 0 fully saturated rings. The fourth-order valence-corrected chi connectivity index (χ4v) is 4.28. The first-order valence-corrected chi connectivity index (χ1v) is 10.9. The molecule has 5 rings (SSSR count). The quantitative estimate of drug-likeness (QED) is 0.255. The molecule has 4 aromatic carbocycles. The van der Waals surface area contributed by atoms with E-state index in [-0.39, 0.29) is 0 Å². The number of para-hydroxylation sites is 2. The van der Waals surface area contributed by atoms with Crippen LogP contribution >= 0.6 is 15.9 Å². The van der Waals surface area contributed by atoms with Crippen molar-refractivity contribution in [2.45, 2.75) is 13.0 Å². The van der Waals surface area contributed by atoms with Crippen LogP contribution in [0.4, 0.5) is 0 Å². The Labute approximate surface area is 184 Å². The molecule has 0 aliphatic carbocycles. The Kier molecular flexibility index (Phi) is 5.24. The number of hydrogen-bond donors (Lipinski definition) is 0. The molecular weight excluding hydrogens is 436 g/mol. The molecule has 0 aliphatic rings. The van der Waals surface area contributed by atoms with E-state index in [4.69, 9.17) is 9.72 Å². The standard InChI is InChI=1S/C26H21BrN2O/c27-21-11-5-10-20(18-21)26-28-23-13-3-4-14-24(23)29(26)16-7-17-30-25-15-6-9-19-8-1-2-12-22(19)25/h1-6,8-15,18H,7,16-17H2. The fourth-order valence-electron chi connectivity index (χ4n) is 3.88. The minimum absolute atomic E-state index is 0.651. The maximum atomic E-state index is 6.15. The Morgan fingerprint density at radius 3 is 2.57 bits per heavy atom. The Bertz CT molecular complexity index is 1320. The van der Waals surface area contributed by atoms with Crippen molar-refractivity contribution >= 4 is 37.7 Å². The highest BCUT2D eigenvalue weighted by Crippen LogP contribution is 2.28. The van der Waals surface area contributed by atoms with Crippen molar-refractivity contribution in [1.29, 1.82) is 0 Å². The van der Waals surface area contributed by atoms with Gasteiger partial charge >= 0.3 is 0 Å². The van der Waals surface area contributed by atoms with Gasteiger partial charge in [0.1, 0.15) is 11.6 Å². The molecule has 0 unspecified atom stereocenters. The molecular formula is C26H21BrN2O. The summed E-state index contributed by atoms with van der Waals surface area (Å²) in [6.07, 6.45) is 0.893. The third-order valence-electron chi connectivity index (χ3n) is 5.27. The van der Waals surface area contributed by atoms with Gasteiger partial charge in [-0.25, -0.2) is 4.98 Å². The van der Waals surface area contributed by atoms with E-state index in [1.165, 1.54) is 5.39 Å². The number of hydrogen-bond acceptors (Lipinski definition) is 2. The largest absolute Gasteiger partial charge is 0.493 e. The Morgan fingerprint density at radius 1 is 0.833 bits per heavy atom. The highest BCUT2D eigenvalue weighted by molar-refractivity contribution is 9.10. The zero-order valence-electron chi connectivity index (χ0n) is 16.5. The molecule has 3 nitrogen and oxygen atoms in total. The second-order valence-electron chi connectivity index (χ2n) is 7.27. The Balaban J connectivity index is 1.38. The molecule has 0 saturated heterocycles. The topological polar surface area (TPSA) is 27.1 Å². The molecule has 0 aliphatic heterocycles. The molecule has 1 aromatic heterocycles. The van der Waals surface area contributed by atoms with Gasteiger partial charge in [0.25, 0.3) is 0 Å². The third kappa shape index (κ3) is 3.71. The van der Waals surface area contributed by atoms with Crippen molar-refractivity contribution in [3.05, 3.63) is 95.5 Å². The van der Waals surface area contributed by atoms with Crippen molar-refractivity contribution in [3.8, 4) is 17.1 Å². The van der Waals surface area contributed by atoms with Crippen molar-refractivity contribution in [1.82, 2.24) is 9.55 Å². The number of halogens is 1. The van der Waals surface area contributed by atoms with Gasteiger partial charge < -0.3 is 9.30 Å². The average molecular weight is 457 g/mol. The molecule has 0 bridgehead atoms.